The largest absolute Gasteiger partial charge is 0.480 e. The number of aliphatic carboxylic acids is 1. The number of hydrogen-bond donors (Lipinski definition) is 1. The lowest BCUT2D eigenvalue weighted by Gasteiger charge is -2.15. The molecule has 1 N–H and O–H groups in total. The molecule has 0 unspecified atom stereocenters. The molecule has 9 heteroatoms. The van der Waals surface area contributed by atoms with Gasteiger partial charge < -0.3 is 9.84 Å². The monoisotopic (exact) mass is 325 g/mol. The van der Waals surface area contributed by atoms with E-state index in [-0.39, 0.29) is 21.9 Å². The first kappa shape index (κ1) is 14.7. The molecular weight excluding hydrogens is 314 g/mol. The number of rotatable bonds is 5. The number of hydrogen-bond acceptors (Lipinski definition) is 5. The lowest BCUT2D eigenvalue weighted by atomic mass is 10.3. The molecule has 1 aromatic rings. The highest BCUT2D eigenvalue weighted by Gasteiger charge is 2.34. The minimum atomic E-state index is -3.61. The van der Waals surface area contributed by atoms with Crippen molar-refractivity contribution in [2.75, 3.05) is 19.7 Å². The lowest BCUT2D eigenvalue weighted by Crippen LogP contribution is -2.30. The third-order valence-corrected chi connectivity index (χ3v) is 6.07. The zero-order chi connectivity index (χ0) is 14.0. The van der Waals surface area contributed by atoms with Gasteiger partial charge in [-0.3, -0.25) is 0 Å². The van der Waals surface area contributed by atoms with Crippen LogP contribution >= 0.6 is 22.9 Å². The second kappa shape index (κ2) is 5.76. The highest BCUT2D eigenvalue weighted by molar-refractivity contribution is 7.89. The van der Waals surface area contributed by atoms with Crippen molar-refractivity contribution in [3.63, 3.8) is 0 Å². The van der Waals surface area contributed by atoms with Crippen LogP contribution in [0.4, 0.5) is 0 Å². The summed E-state index contributed by atoms with van der Waals surface area (Å²) in [6, 6.07) is 1.47. The minimum absolute atomic E-state index is 0.0954. The molecule has 0 bridgehead atoms. The molecule has 0 aromatic carbocycles. The molecule has 1 aromatic heterocycles. The van der Waals surface area contributed by atoms with Crippen LogP contribution in [0.25, 0.3) is 0 Å². The molecule has 1 atom stereocenters. The van der Waals surface area contributed by atoms with Crippen LogP contribution < -0.4 is 0 Å². The van der Waals surface area contributed by atoms with E-state index >= 15 is 0 Å². The van der Waals surface area contributed by atoms with Crippen LogP contribution in [0, 0.1) is 0 Å². The van der Waals surface area contributed by atoms with Crippen molar-refractivity contribution < 1.29 is 23.1 Å². The lowest BCUT2D eigenvalue weighted by molar-refractivity contribution is -0.144. The van der Waals surface area contributed by atoms with Crippen molar-refractivity contribution in [1.29, 1.82) is 0 Å². The molecule has 1 aliphatic rings. The Morgan fingerprint density at radius 2 is 2.37 bits per heavy atom. The Morgan fingerprint density at radius 3 is 2.95 bits per heavy atom. The van der Waals surface area contributed by atoms with Crippen LogP contribution in [0.1, 0.15) is 6.42 Å². The molecule has 1 fully saturated rings. The Hall–Kier alpha value is -0.670. The Kier molecular flexibility index (Phi) is 4.46. The summed E-state index contributed by atoms with van der Waals surface area (Å²) >= 11 is 7.00. The van der Waals surface area contributed by atoms with Gasteiger partial charge in [0, 0.05) is 13.1 Å². The third-order valence-electron chi connectivity index (χ3n) is 2.75. The molecule has 106 valence electrons. The summed E-state index contributed by atoms with van der Waals surface area (Å²) in [6.07, 6.45) is 0.0946. The highest BCUT2D eigenvalue weighted by atomic mass is 35.5. The van der Waals surface area contributed by atoms with Crippen LogP contribution in [0.3, 0.4) is 0 Å². The molecule has 2 rings (SSSR count). The SMILES string of the molecule is O=C(O)CO[C@@H]1CCN(S(=O)(=O)c2ccsc2Cl)C1. The molecule has 6 nitrogen and oxygen atoms in total. The van der Waals surface area contributed by atoms with Crippen LogP contribution in [0.2, 0.25) is 4.34 Å². The van der Waals surface area contributed by atoms with E-state index < -0.39 is 22.6 Å². The summed E-state index contributed by atoms with van der Waals surface area (Å²) in [4.78, 5) is 10.5. The Balaban J connectivity index is 2.04. The van der Waals surface area contributed by atoms with Crippen molar-refractivity contribution in [2.24, 2.45) is 0 Å². The van der Waals surface area contributed by atoms with Gasteiger partial charge in [-0.15, -0.1) is 11.3 Å². The number of carbonyl (C=O) groups is 1. The number of carboxylic acid groups (broad SMARTS) is 1. The quantitative estimate of drug-likeness (QED) is 0.881. The number of nitrogens with zero attached hydrogens (tertiary/aromatic N) is 1. The van der Waals surface area contributed by atoms with Gasteiger partial charge in [0.2, 0.25) is 10.0 Å². The fraction of sp³-hybridized carbons (Fsp3) is 0.500. The number of ether oxygens (including phenoxy) is 1. The van der Waals surface area contributed by atoms with Gasteiger partial charge in [0.05, 0.1) is 6.10 Å². The van der Waals surface area contributed by atoms with Gasteiger partial charge >= 0.3 is 5.97 Å². The average molecular weight is 326 g/mol. The summed E-state index contributed by atoms with van der Waals surface area (Å²) in [5, 5.41) is 10.1. The maximum atomic E-state index is 12.3. The fourth-order valence-electron chi connectivity index (χ4n) is 1.85. The maximum Gasteiger partial charge on any atom is 0.329 e. The van der Waals surface area contributed by atoms with Crippen molar-refractivity contribution in [3.8, 4) is 0 Å². The van der Waals surface area contributed by atoms with Crippen LogP contribution in [-0.2, 0) is 19.6 Å². The predicted octanol–water partition coefficient (Wildman–Crippen LogP) is 1.27. The predicted molar refractivity (Wildman–Crippen MR) is 70.1 cm³/mol. The molecule has 0 amide bonds. The second-order valence-electron chi connectivity index (χ2n) is 4.04. The summed E-state index contributed by atoms with van der Waals surface area (Å²) in [5.41, 5.74) is 0. The number of halogens is 1. The van der Waals surface area contributed by atoms with E-state index in [0.29, 0.717) is 13.0 Å². The van der Waals surface area contributed by atoms with Gasteiger partial charge in [-0.2, -0.15) is 4.31 Å². The van der Waals surface area contributed by atoms with Gasteiger partial charge in [-0.25, -0.2) is 13.2 Å². The zero-order valence-corrected chi connectivity index (χ0v) is 12.2. The maximum absolute atomic E-state index is 12.3. The molecule has 1 aliphatic heterocycles. The first-order valence-corrected chi connectivity index (χ1v) is 8.17. The van der Waals surface area contributed by atoms with Gasteiger partial charge in [0.25, 0.3) is 0 Å². The average Bonchev–Trinajstić information content (AvgIpc) is 2.95. The van der Waals surface area contributed by atoms with Gasteiger partial charge in [0.1, 0.15) is 15.8 Å². The molecular formula is C10H12ClNO5S2. The zero-order valence-electron chi connectivity index (χ0n) is 9.78. The molecule has 0 radical (unpaired) electrons. The molecule has 0 saturated carbocycles. The van der Waals surface area contributed by atoms with Gasteiger partial charge in [0.15, 0.2) is 0 Å². The van der Waals surface area contributed by atoms with Crippen molar-refractivity contribution in [2.45, 2.75) is 17.4 Å². The van der Waals surface area contributed by atoms with Crippen molar-refractivity contribution in [3.05, 3.63) is 15.8 Å². The van der Waals surface area contributed by atoms with Crippen molar-refractivity contribution in [1.82, 2.24) is 4.31 Å². The molecule has 0 aliphatic carbocycles. The first-order chi connectivity index (χ1) is 8.91. The van der Waals surface area contributed by atoms with Crippen LogP contribution in [-0.4, -0.2) is 49.6 Å². The normalized spacial score (nSPS) is 20.8. The molecule has 2 heterocycles. The smallest absolute Gasteiger partial charge is 0.329 e. The summed E-state index contributed by atoms with van der Waals surface area (Å²) < 4.78 is 31.2. The standard InChI is InChI=1S/C10H12ClNO5S2/c11-10-8(2-4-18-10)19(15,16)12-3-1-7(5-12)17-6-9(13)14/h2,4,7H,1,3,5-6H2,(H,13,14)/t7-/m1/s1. The van der Waals surface area contributed by atoms with E-state index in [4.69, 9.17) is 21.4 Å². The Bertz CT molecular complexity index is 570. The van der Waals surface area contributed by atoms with E-state index in [1.165, 1.54) is 10.4 Å². The van der Waals surface area contributed by atoms with E-state index in [1.54, 1.807) is 5.38 Å². The van der Waals surface area contributed by atoms with Crippen LogP contribution in [0.15, 0.2) is 16.3 Å². The Labute approximate surface area is 119 Å². The minimum Gasteiger partial charge on any atom is -0.480 e. The Morgan fingerprint density at radius 1 is 1.63 bits per heavy atom. The number of sulfonamides is 1. The van der Waals surface area contributed by atoms with Gasteiger partial charge in [-0.1, -0.05) is 11.6 Å². The highest BCUT2D eigenvalue weighted by Crippen LogP contribution is 2.31. The topological polar surface area (TPSA) is 83.9 Å². The van der Waals surface area contributed by atoms with E-state index in [1.807, 2.05) is 0 Å². The molecule has 1 saturated heterocycles. The molecule has 19 heavy (non-hydrogen) atoms. The summed E-state index contributed by atoms with van der Waals surface area (Å²) in [6.45, 7) is 0.0400. The van der Waals surface area contributed by atoms with Crippen LogP contribution in [0.5, 0.6) is 0 Å². The molecule has 0 spiro atoms. The summed E-state index contributed by atoms with van der Waals surface area (Å²) in [5.74, 6) is -1.07. The van der Waals surface area contributed by atoms with E-state index in [9.17, 15) is 13.2 Å². The second-order valence-corrected chi connectivity index (χ2v) is 7.46. The van der Waals surface area contributed by atoms with E-state index in [0.717, 1.165) is 11.3 Å². The third kappa shape index (κ3) is 3.26. The fourth-order valence-corrected chi connectivity index (χ4v) is 4.84. The van der Waals surface area contributed by atoms with Gasteiger partial charge in [-0.05, 0) is 17.9 Å². The van der Waals surface area contributed by atoms with Crippen molar-refractivity contribution >= 4 is 38.9 Å². The van der Waals surface area contributed by atoms with E-state index in [2.05, 4.69) is 0 Å². The number of thiophene rings is 1. The summed E-state index contributed by atoms with van der Waals surface area (Å²) in [7, 11) is -3.61. The number of carboxylic acids is 1. The first-order valence-electron chi connectivity index (χ1n) is 5.48.